The van der Waals surface area contributed by atoms with Crippen LogP contribution in [0.2, 0.25) is 0 Å². The van der Waals surface area contributed by atoms with E-state index in [0.717, 1.165) is 19.6 Å². The second kappa shape index (κ2) is 5.68. The third kappa shape index (κ3) is 3.07. The van der Waals surface area contributed by atoms with Gasteiger partial charge in [-0.15, -0.1) is 5.10 Å². The Hall–Kier alpha value is -1.25. The summed E-state index contributed by atoms with van der Waals surface area (Å²) in [5.41, 5.74) is -1.13. The van der Waals surface area contributed by atoms with Gasteiger partial charge >= 0.3 is 7.12 Å². The van der Waals surface area contributed by atoms with Crippen molar-refractivity contribution >= 4 is 13.2 Å². The van der Waals surface area contributed by atoms with Gasteiger partial charge in [0, 0.05) is 13.1 Å². The summed E-state index contributed by atoms with van der Waals surface area (Å²) in [5, 5.41) is 8.11. The summed E-state index contributed by atoms with van der Waals surface area (Å²) in [4.78, 5) is 2.31. The number of hydrogen-bond acceptors (Lipinski definition) is 5. The molecule has 6 nitrogen and oxygen atoms in total. The predicted molar refractivity (Wildman–Crippen MR) is 86.3 cm³/mol. The van der Waals surface area contributed by atoms with Crippen LogP contribution in [-0.2, 0) is 9.31 Å². The lowest BCUT2D eigenvalue weighted by molar-refractivity contribution is 0.00578. The predicted octanol–water partition coefficient (Wildman–Crippen LogP) is 2.10. The number of nitrogens with zero attached hydrogens (tertiary/aromatic N) is 4. The van der Waals surface area contributed by atoms with Crippen LogP contribution in [0, 0.1) is 0 Å². The first kappa shape index (κ1) is 16.6. The minimum absolute atomic E-state index is 0.324. The van der Waals surface area contributed by atoms with Gasteiger partial charge in [-0.1, -0.05) is 12.1 Å². The van der Waals surface area contributed by atoms with Crippen LogP contribution in [0.3, 0.4) is 0 Å². The van der Waals surface area contributed by atoms with E-state index in [0.29, 0.717) is 11.7 Å². The Kier molecular flexibility index (Phi) is 4.10. The van der Waals surface area contributed by atoms with Crippen LogP contribution in [0.4, 0.5) is 4.39 Å². The van der Waals surface area contributed by atoms with E-state index in [9.17, 15) is 4.39 Å². The monoisotopic (exact) mass is 322 g/mol. The standard InChI is InChI=1S/C15H24BFN4O2/c1-6-20-9-12(10-20)21-8-11(18-19-21)7-13(17)16-22-14(2,3)15(4,5)23-16/h7-8,12H,6,9-10H2,1-5H3. The van der Waals surface area contributed by atoms with Gasteiger partial charge in [0.05, 0.1) is 23.4 Å². The SMILES string of the molecule is CCN1CC(n2cc(C=C(F)B3OC(C)(C)C(C)(C)O3)nn2)C1. The van der Waals surface area contributed by atoms with Gasteiger partial charge in [-0.25, -0.2) is 9.07 Å². The molecule has 0 N–H and O–H groups in total. The Balaban J connectivity index is 1.67. The highest BCUT2D eigenvalue weighted by Gasteiger charge is 2.53. The Bertz CT molecular complexity index is 594. The number of halogens is 1. The van der Waals surface area contributed by atoms with Gasteiger partial charge in [0.2, 0.25) is 0 Å². The van der Waals surface area contributed by atoms with Crippen molar-refractivity contribution in [2.45, 2.75) is 51.9 Å². The van der Waals surface area contributed by atoms with Crippen molar-refractivity contribution in [1.29, 1.82) is 0 Å². The van der Waals surface area contributed by atoms with Gasteiger partial charge in [-0.05, 0) is 40.3 Å². The van der Waals surface area contributed by atoms with Crippen LogP contribution in [-0.4, -0.2) is 57.8 Å². The van der Waals surface area contributed by atoms with E-state index in [1.165, 1.54) is 6.08 Å². The van der Waals surface area contributed by atoms with Crippen LogP contribution in [0.25, 0.3) is 6.08 Å². The van der Waals surface area contributed by atoms with Crippen molar-refractivity contribution in [2.75, 3.05) is 19.6 Å². The normalized spacial score (nSPS) is 25.0. The van der Waals surface area contributed by atoms with E-state index in [1.54, 1.807) is 10.9 Å². The molecular weight excluding hydrogens is 298 g/mol. The molecule has 0 spiro atoms. The maximum atomic E-state index is 14.4. The average Bonchev–Trinajstić information content (AvgIpc) is 2.92. The highest BCUT2D eigenvalue weighted by molar-refractivity contribution is 6.54. The van der Waals surface area contributed by atoms with Crippen molar-refractivity contribution in [1.82, 2.24) is 19.9 Å². The molecule has 1 aromatic rings. The van der Waals surface area contributed by atoms with Gasteiger partial charge in [0.1, 0.15) is 11.4 Å². The van der Waals surface area contributed by atoms with Crippen molar-refractivity contribution in [3.8, 4) is 0 Å². The minimum Gasteiger partial charge on any atom is -0.398 e. The molecule has 0 aromatic carbocycles. The lowest BCUT2D eigenvalue weighted by Crippen LogP contribution is -2.47. The van der Waals surface area contributed by atoms with Gasteiger partial charge in [-0.2, -0.15) is 0 Å². The summed E-state index contributed by atoms with van der Waals surface area (Å²) < 4.78 is 27.6. The molecule has 0 atom stereocenters. The summed E-state index contributed by atoms with van der Waals surface area (Å²) in [6.45, 7) is 12.7. The molecule has 0 amide bonds. The van der Waals surface area contributed by atoms with Crippen LogP contribution >= 0.6 is 0 Å². The van der Waals surface area contributed by atoms with E-state index in [1.807, 2.05) is 27.7 Å². The first-order valence-electron chi connectivity index (χ1n) is 8.09. The molecule has 3 rings (SSSR count). The molecule has 0 saturated carbocycles. The Labute approximate surface area is 136 Å². The highest BCUT2D eigenvalue weighted by Crippen LogP contribution is 2.39. The lowest BCUT2D eigenvalue weighted by atomic mass is 9.87. The zero-order chi connectivity index (χ0) is 16.8. The molecule has 2 saturated heterocycles. The molecule has 0 aliphatic carbocycles. The maximum Gasteiger partial charge on any atom is 0.525 e. The molecule has 23 heavy (non-hydrogen) atoms. The molecule has 0 bridgehead atoms. The van der Waals surface area contributed by atoms with E-state index in [2.05, 4.69) is 22.1 Å². The number of aromatic nitrogens is 3. The highest BCUT2D eigenvalue weighted by atomic mass is 19.1. The zero-order valence-electron chi connectivity index (χ0n) is 14.4. The zero-order valence-corrected chi connectivity index (χ0v) is 14.4. The lowest BCUT2D eigenvalue weighted by Gasteiger charge is -2.37. The topological polar surface area (TPSA) is 52.4 Å². The average molecular weight is 322 g/mol. The molecular formula is C15H24BFN4O2. The number of rotatable bonds is 4. The Morgan fingerprint density at radius 2 is 1.96 bits per heavy atom. The quantitative estimate of drug-likeness (QED) is 0.795. The molecule has 3 heterocycles. The largest absolute Gasteiger partial charge is 0.525 e. The minimum atomic E-state index is -0.996. The number of hydrogen-bond donors (Lipinski definition) is 0. The molecule has 2 fully saturated rings. The van der Waals surface area contributed by atoms with Gasteiger partial charge in [0.15, 0.2) is 0 Å². The Morgan fingerprint density at radius 3 is 2.52 bits per heavy atom. The summed E-state index contributed by atoms with van der Waals surface area (Å²) in [7, 11) is -0.996. The van der Waals surface area contributed by atoms with Crippen LogP contribution in [0.15, 0.2) is 11.9 Å². The number of likely N-dealkylation sites (tertiary alicyclic amines) is 1. The first-order chi connectivity index (χ1) is 10.7. The first-order valence-corrected chi connectivity index (χ1v) is 8.09. The van der Waals surface area contributed by atoms with Gasteiger partial charge in [-0.3, -0.25) is 4.90 Å². The summed E-state index contributed by atoms with van der Waals surface area (Å²) >= 11 is 0. The fourth-order valence-electron chi connectivity index (χ4n) is 2.67. The number of likely N-dealkylation sites (N-methyl/N-ethyl adjacent to an activating group) is 1. The van der Waals surface area contributed by atoms with E-state index in [4.69, 9.17) is 9.31 Å². The summed E-state index contributed by atoms with van der Waals surface area (Å²) in [6.07, 6.45) is 3.10. The second-order valence-corrected chi connectivity index (χ2v) is 7.25. The van der Waals surface area contributed by atoms with Crippen LogP contribution < -0.4 is 0 Å². The second-order valence-electron chi connectivity index (χ2n) is 7.25. The third-order valence-electron chi connectivity index (χ3n) is 5.05. The summed E-state index contributed by atoms with van der Waals surface area (Å²) in [5.74, 6) is 0. The van der Waals surface area contributed by atoms with Gasteiger partial charge < -0.3 is 9.31 Å². The van der Waals surface area contributed by atoms with E-state index >= 15 is 0 Å². The van der Waals surface area contributed by atoms with Crippen molar-refractivity contribution in [3.63, 3.8) is 0 Å². The van der Waals surface area contributed by atoms with Crippen molar-refractivity contribution in [2.24, 2.45) is 0 Å². The van der Waals surface area contributed by atoms with Crippen LogP contribution in [0.5, 0.6) is 0 Å². The van der Waals surface area contributed by atoms with Crippen molar-refractivity contribution < 1.29 is 13.7 Å². The molecule has 8 heteroatoms. The third-order valence-corrected chi connectivity index (χ3v) is 5.05. The van der Waals surface area contributed by atoms with E-state index in [-0.39, 0.29) is 0 Å². The van der Waals surface area contributed by atoms with E-state index < -0.39 is 24.0 Å². The molecule has 0 radical (unpaired) electrons. The Morgan fingerprint density at radius 1 is 1.35 bits per heavy atom. The summed E-state index contributed by atoms with van der Waals surface area (Å²) in [6, 6.07) is 0.324. The fraction of sp³-hybridized carbons (Fsp3) is 0.733. The van der Waals surface area contributed by atoms with Crippen LogP contribution in [0.1, 0.15) is 46.4 Å². The molecule has 0 unspecified atom stereocenters. The smallest absolute Gasteiger partial charge is 0.398 e. The maximum absolute atomic E-state index is 14.4. The van der Waals surface area contributed by atoms with Gasteiger partial charge in [0.25, 0.3) is 0 Å². The molecule has 1 aromatic heterocycles. The fourth-order valence-corrected chi connectivity index (χ4v) is 2.67. The van der Waals surface area contributed by atoms with Crippen molar-refractivity contribution in [3.05, 3.63) is 17.6 Å². The molecule has 2 aliphatic rings. The molecule has 2 aliphatic heterocycles. The molecule has 126 valence electrons.